The molecule has 1 unspecified atom stereocenters. The third kappa shape index (κ3) is 3.96. The van der Waals surface area contributed by atoms with Crippen molar-refractivity contribution >= 4 is 11.8 Å². The van der Waals surface area contributed by atoms with Crippen LogP contribution in [-0.4, -0.2) is 29.4 Å². The third-order valence-corrected chi connectivity index (χ3v) is 2.79. The number of Topliss-reactive ketones (excluding diaryl/α,β-unsaturated/α-hetero) is 1. The molecule has 0 saturated carbocycles. The number of carboxylic acid groups (broad SMARTS) is 1. The molecule has 1 aromatic carbocycles. The van der Waals surface area contributed by atoms with Crippen molar-refractivity contribution < 1.29 is 14.7 Å². The Morgan fingerprint density at radius 1 is 1.22 bits per heavy atom. The van der Waals surface area contributed by atoms with Gasteiger partial charge in [-0.2, -0.15) is 0 Å². The highest BCUT2D eigenvalue weighted by molar-refractivity contribution is 6.01. The molecule has 2 N–H and O–H groups in total. The van der Waals surface area contributed by atoms with E-state index in [9.17, 15) is 9.59 Å². The molecule has 0 amide bonds. The van der Waals surface area contributed by atoms with Gasteiger partial charge in [0.2, 0.25) is 0 Å². The van der Waals surface area contributed by atoms with Gasteiger partial charge in [0.15, 0.2) is 5.78 Å². The summed E-state index contributed by atoms with van der Waals surface area (Å²) in [5.74, 6) is -1.14. The van der Waals surface area contributed by atoms with E-state index in [1.165, 1.54) is 0 Å². The molecule has 1 atom stereocenters. The highest BCUT2D eigenvalue weighted by atomic mass is 16.4. The predicted octanol–water partition coefficient (Wildman–Crippen LogP) is 1.88. The molecular formula is C14H19NO3. The van der Waals surface area contributed by atoms with Gasteiger partial charge in [-0.1, -0.05) is 38.1 Å². The van der Waals surface area contributed by atoms with E-state index >= 15 is 0 Å². The molecule has 18 heavy (non-hydrogen) atoms. The Morgan fingerprint density at radius 2 is 1.83 bits per heavy atom. The monoisotopic (exact) mass is 249 g/mol. The molecule has 0 aromatic heterocycles. The van der Waals surface area contributed by atoms with Gasteiger partial charge in [-0.05, 0) is 18.5 Å². The van der Waals surface area contributed by atoms with Crippen LogP contribution in [0.1, 0.15) is 36.2 Å². The van der Waals surface area contributed by atoms with Crippen LogP contribution in [0.4, 0.5) is 0 Å². The Bertz CT molecular complexity index is 412. The van der Waals surface area contributed by atoms with Crippen LogP contribution in [0.5, 0.6) is 0 Å². The summed E-state index contributed by atoms with van der Waals surface area (Å²) in [6.45, 7) is 4.46. The molecule has 0 aliphatic carbocycles. The van der Waals surface area contributed by atoms with E-state index in [4.69, 9.17) is 5.11 Å². The summed E-state index contributed by atoms with van der Waals surface area (Å²) < 4.78 is 0. The van der Waals surface area contributed by atoms with Crippen LogP contribution in [0.25, 0.3) is 0 Å². The van der Waals surface area contributed by atoms with Gasteiger partial charge in [0.1, 0.15) is 0 Å². The number of carbonyl (C=O) groups is 2. The number of carbonyl (C=O) groups excluding carboxylic acids is 1. The maximum atomic E-state index is 12.1. The quantitative estimate of drug-likeness (QED) is 0.724. The summed E-state index contributed by atoms with van der Waals surface area (Å²) in [6.07, 6.45) is 0.725. The minimum atomic E-state index is -0.973. The average Bonchev–Trinajstić information content (AvgIpc) is 2.37. The summed E-state index contributed by atoms with van der Waals surface area (Å²) >= 11 is 0. The van der Waals surface area contributed by atoms with Crippen LogP contribution >= 0.6 is 0 Å². The Hall–Kier alpha value is -1.68. The summed E-state index contributed by atoms with van der Waals surface area (Å²) in [5.41, 5.74) is 1.71. The summed E-state index contributed by atoms with van der Waals surface area (Å²) in [5, 5.41) is 11.7. The fourth-order valence-electron chi connectivity index (χ4n) is 1.78. The van der Waals surface area contributed by atoms with Crippen molar-refractivity contribution in [2.75, 3.05) is 6.54 Å². The Kier molecular flexibility index (Phi) is 5.52. The van der Waals surface area contributed by atoms with Crippen molar-refractivity contribution in [3.05, 3.63) is 35.4 Å². The fourth-order valence-corrected chi connectivity index (χ4v) is 1.78. The maximum absolute atomic E-state index is 12.1. The lowest BCUT2D eigenvalue weighted by Crippen LogP contribution is -2.38. The topological polar surface area (TPSA) is 66.4 Å². The number of carboxylic acids is 1. The molecule has 1 aromatic rings. The first-order chi connectivity index (χ1) is 8.58. The zero-order valence-electron chi connectivity index (χ0n) is 10.8. The van der Waals surface area contributed by atoms with E-state index in [0.717, 1.165) is 12.0 Å². The highest BCUT2D eigenvalue weighted by Gasteiger charge is 2.21. The largest absolute Gasteiger partial charge is 0.481 e. The average molecular weight is 249 g/mol. The lowest BCUT2D eigenvalue weighted by molar-refractivity contribution is -0.137. The third-order valence-electron chi connectivity index (χ3n) is 2.79. The van der Waals surface area contributed by atoms with Crippen molar-refractivity contribution in [1.82, 2.24) is 5.32 Å². The van der Waals surface area contributed by atoms with Crippen molar-refractivity contribution in [2.45, 2.75) is 32.7 Å². The van der Waals surface area contributed by atoms with Crippen LogP contribution in [0.2, 0.25) is 0 Å². The molecule has 1 rings (SSSR count). The zero-order chi connectivity index (χ0) is 13.5. The number of hydrogen-bond donors (Lipinski definition) is 2. The number of ketones is 1. The fraction of sp³-hybridized carbons (Fsp3) is 0.429. The minimum absolute atomic E-state index is 0.165. The van der Waals surface area contributed by atoms with E-state index in [1.54, 1.807) is 12.1 Å². The summed E-state index contributed by atoms with van der Waals surface area (Å²) in [7, 11) is 0. The van der Waals surface area contributed by atoms with Crippen LogP contribution in [0.15, 0.2) is 24.3 Å². The first-order valence-electron chi connectivity index (χ1n) is 6.16. The molecule has 0 bridgehead atoms. The van der Waals surface area contributed by atoms with Crippen molar-refractivity contribution in [2.24, 2.45) is 0 Å². The zero-order valence-corrected chi connectivity index (χ0v) is 10.8. The smallest absolute Gasteiger partial charge is 0.305 e. The van der Waals surface area contributed by atoms with Crippen LogP contribution < -0.4 is 5.32 Å². The van der Waals surface area contributed by atoms with Gasteiger partial charge in [0.25, 0.3) is 0 Å². The first-order valence-corrected chi connectivity index (χ1v) is 6.16. The second-order valence-corrected chi connectivity index (χ2v) is 4.12. The molecule has 0 radical (unpaired) electrons. The highest BCUT2D eigenvalue weighted by Crippen LogP contribution is 2.09. The van der Waals surface area contributed by atoms with Crippen molar-refractivity contribution in [1.29, 1.82) is 0 Å². The molecule has 0 fully saturated rings. The van der Waals surface area contributed by atoms with Gasteiger partial charge in [-0.3, -0.25) is 9.59 Å². The molecule has 0 heterocycles. The van der Waals surface area contributed by atoms with E-state index in [0.29, 0.717) is 12.1 Å². The first kappa shape index (κ1) is 14.4. The summed E-state index contributed by atoms with van der Waals surface area (Å²) in [6, 6.07) is 6.66. The van der Waals surface area contributed by atoms with E-state index in [1.807, 2.05) is 26.0 Å². The predicted molar refractivity (Wildman–Crippen MR) is 69.9 cm³/mol. The Morgan fingerprint density at radius 3 is 2.28 bits per heavy atom. The normalized spacial score (nSPS) is 12.1. The van der Waals surface area contributed by atoms with Gasteiger partial charge in [0, 0.05) is 5.56 Å². The number of nitrogens with one attached hydrogen (secondary N) is 1. The van der Waals surface area contributed by atoms with Crippen LogP contribution in [-0.2, 0) is 11.2 Å². The molecule has 98 valence electrons. The molecule has 0 saturated heterocycles. The standard InChI is InChI=1S/C14H19NO3/c1-3-10-5-7-11(8-6-10)14(18)12(15-4-2)9-13(16)17/h5-8,12,15H,3-4,9H2,1-2H3,(H,16,17). The van der Waals surface area contributed by atoms with Crippen molar-refractivity contribution in [3.8, 4) is 0 Å². The van der Waals surface area contributed by atoms with E-state index < -0.39 is 12.0 Å². The lowest BCUT2D eigenvalue weighted by atomic mass is 10.00. The SMILES string of the molecule is CCNC(CC(=O)O)C(=O)c1ccc(CC)cc1. The molecule has 4 heteroatoms. The van der Waals surface area contributed by atoms with Crippen molar-refractivity contribution in [3.63, 3.8) is 0 Å². The van der Waals surface area contributed by atoms with Gasteiger partial charge in [-0.15, -0.1) is 0 Å². The maximum Gasteiger partial charge on any atom is 0.305 e. The number of aliphatic carboxylic acids is 1. The van der Waals surface area contributed by atoms with Gasteiger partial charge in [0.05, 0.1) is 12.5 Å². The molecule has 4 nitrogen and oxygen atoms in total. The van der Waals surface area contributed by atoms with Crippen LogP contribution in [0.3, 0.4) is 0 Å². The molecule has 0 spiro atoms. The lowest BCUT2D eigenvalue weighted by Gasteiger charge is -2.14. The number of aryl methyl sites for hydroxylation is 1. The Balaban J connectivity index is 2.83. The molecule has 0 aliphatic rings. The number of rotatable bonds is 7. The number of hydrogen-bond acceptors (Lipinski definition) is 3. The Labute approximate surface area is 107 Å². The van der Waals surface area contributed by atoms with Gasteiger partial charge >= 0.3 is 5.97 Å². The van der Waals surface area contributed by atoms with E-state index in [2.05, 4.69) is 5.32 Å². The second kappa shape index (κ2) is 6.91. The van der Waals surface area contributed by atoms with Crippen LogP contribution in [0, 0.1) is 0 Å². The van der Waals surface area contributed by atoms with E-state index in [-0.39, 0.29) is 12.2 Å². The second-order valence-electron chi connectivity index (χ2n) is 4.12. The van der Waals surface area contributed by atoms with Gasteiger partial charge in [-0.25, -0.2) is 0 Å². The molecule has 0 aliphatic heterocycles. The minimum Gasteiger partial charge on any atom is -0.481 e. The van der Waals surface area contributed by atoms with Gasteiger partial charge < -0.3 is 10.4 Å². The number of likely N-dealkylation sites (N-methyl/N-ethyl adjacent to an activating group) is 1. The molecular weight excluding hydrogens is 230 g/mol. The number of benzene rings is 1. The summed E-state index contributed by atoms with van der Waals surface area (Å²) in [4.78, 5) is 22.9.